The monoisotopic (exact) mass is 182 g/mol. The fraction of sp³-hybridized carbons (Fsp3) is 0.625. The number of rotatable bonds is 4. The fourth-order valence-electron chi connectivity index (χ4n) is 0.948. The molecule has 0 aliphatic carbocycles. The maximum Gasteiger partial charge on any atom is 0.175 e. The van der Waals surface area contributed by atoms with Crippen molar-refractivity contribution in [2.75, 3.05) is 6.61 Å². The van der Waals surface area contributed by atoms with E-state index in [1.165, 1.54) is 4.80 Å². The second-order valence-electron chi connectivity index (χ2n) is 3.39. The average molecular weight is 182 g/mol. The first-order valence-corrected chi connectivity index (χ1v) is 4.07. The Morgan fingerprint density at radius 3 is 2.77 bits per heavy atom. The fourth-order valence-corrected chi connectivity index (χ4v) is 0.948. The number of hydrogen-bond donors (Lipinski definition) is 1. The molecule has 0 aliphatic rings. The molecule has 0 saturated heterocycles. The molecular weight excluding hydrogens is 168 g/mol. The zero-order valence-corrected chi connectivity index (χ0v) is 7.93. The summed E-state index contributed by atoms with van der Waals surface area (Å²) in [4.78, 5) is 1.40. The van der Waals surface area contributed by atoms with E-state index in [9.17, 15) is 0 Å². The maximum atomic E-state index is 9.10. The van der Waals surface area contributed by atoms with Crippen LogP contribution in [-0.4, -0.2) is 31.9 Å². The Morgan fingerprint density at radius 1 is 1.69 bits per heavy atom. The lowest BCUT2D eigenvalue weighted by atomic mass is 9.88. The van der Waals surface area contributed by atoms with Crippen molar-refractivity contribution in [1.82, 2.24) is 20.2 Å². The van der Waals surface area contributed by atoms with Crippen LogP contribution in [0.1, 0.15) is 12.7 Å². The molecule has 1 aromatic heterocycles. The van der Waals surface area contributed by atoms with Gasteiger partial charge in [0.25, 0.3) is 0 Å². The van der Waals surface area contributed by atoms with Gasteiger partial charge in [-0.2, -0.15) is 4.80 Å². The third-order valence-corrected chi connectivity index (χ3v) is 1.97. The predicted molar refractivity (Wildman–Crippen MR) is 47.9 cm³/mol. The lowest BCUT2D eigenvalue weighted by molar-refractivity contribution is 0.182. The Hall–Kier alpha value is -1.23. The molecule has 0 radical (unpaired) electrons. The highest BCUT2D eigenvalue weighted by Gasteiger charge is 2.22. The van der Waals surface area contributed by atoms with Gasteiger partial charge in [-0.1, -0.05) is 13.0 Å². The van der Waals surface area contributed by atoms with Gasteiger partial charge in [0.2, 0.25) is 0 Å². The van der Waals surface area contributed by atoms with Gasteiger partial charge in [0.05, 0.1) is 13.7 Å². The molecule has 0 aliphatic heterocycles. The molecule has 0 spiro atoms. The highest BCUT2D eigenvalue weighted by atomic mass is 16.3. The molecule has 1 N–H and O–H groups in total. The second-order valence-corrected chi connectivity index (χ2v) is 3.39. The van der Waals surface area contributed by atoms with Crippen LogP contribution in [0.5, 0.6) is 0 Å². The Labute approximate surface area is 77.1 Å². The molecule has 5 heteroatoms. The summed E-state index contributed by atoms with van der Waals surface area (Å²) < 4.78 is 0. The SMILES string of the molecule is C=CC(C)(CO)Cc1nnn(C)n1. The van der Waals surface area contributed by atoms with Gasteiger partial charge in [-0.15, -0.1) is 16.8 Å². The molecule has 1 atom stereocenters. The number of aliphatic hydroxyl groups excluding tert-OH is 1. The van der Waals surface area contributed by atoms with Crippen LogP contribution < -0.4 is 0 Å². The van der Waals surface area contributed by atoms with Gasteiger partial charge in [0.1, 0.15) is 0 Å². The van der Waals surface area contributed by atoms with Crippen molar-refractivity contribution in [2.24, 2.45) is 12.5 Å². The first-order chi connectivity index (χ1) is 6.09. The number of aromatic nitrogens is 4. The zero-order valence-electron chi connectivity index (χ0n) is 7.93. The van der Waals surface area contributed by atoms with Crippen LogP contribution in [0.15, 0.2) is 12.7 Å². The van der Waals surface area contributed by atoms with E-state index in [-0.39, 0.29) is 12.0 Å². The molecule has 0 amide bonds. The molecule has 1 rings (SSSR count). The standard InChI is InChI=1S/C8H14N4O/c1-4-8(2,6-13)5-7-9-11-12(3)10-7/h4,13H,1,5-6H2,2-3H3. The van der Waals surface area contributed by atoms with Crippen LogP contribution in [0, 0.1) is 5.41 Å². The van der Waals surface area contributed by atoms with Crippen molar-refractivity contribution in [3.63, 3.8) is 0 Å². The molecular formula is C8H14N4O. The van der Waals surface area contributed by atoms with Crippen LogP contribution in [0.4, 0.5) is 0 Å². The molecule has 0 fully saturated rings. The van der Waals surface area contributed by atoms with E-state index >= 15 is 0 Å². The lowest BCUT2D eigenvalue weighted by Gasteiger charge is -2.20. The number of aliphatic hydroxyl groups is 1. The quantitative estimate of drug-likeness (QED) is 0.662. The minimum absolute atomic E-state index is 0.0365. The zero-order chi connectivity index (χ0) is 9.90. The van der Waals surface area contributed by atoms with Crippen LogP contribution in [0.3, 0.4) is 0 Å². The first-order valence-electron chi connectivity index (χ1n) is 4.07. The second kappa shape index (κ2) is 3.66. The highest BCUT2D eigenvalue weighted by molar-refractivity contribution is 4.98. The summed E-state index contributed by atoms with van der Waals surface area (Å²) in [6, 6.07) is 0. The molecule has 0 aromatic carbocycles. The largest absolute Gasteiger partial charge is 0.395 e. The normalized spacial score (nSPS) is 15.3. The average Bonchev–Trinajstić information content (AvgIpc) is 2.51. The van der Waals surface area contributed by atoms with E-state index in [0.717, 1.165) is 0 Å². The summed E-state index contributed by atoms with van der Waals surface area (Å²) in [5.74, 6) is 0.624. The van der Waals surface area contributed by atoms with Crippen molar-refractivity contribution in [3.05, 3.63) is 18.5 Å². The van der Waals surface area contributed by atoms with Crippen molar-refractivity contribution in [1.29, 1.82) is 0 Å². The van der Waals surface area contributed by atoms with Crippen LogP contribution >= 0.6 is 0 Å². The van der Waals surface area contributed by atoms with Gasteiger partial charge in [0.15, 0.2) is 5.82 Å². The Bertz CT molecular complexity index is 296. The van der Waals surface area contributed by atoms with Gasteiger partial charge in [0, 0.05) is 11.8 Å². The Kier molecular flexibility index (Phi) is 2.77. The molecule has 13 heavy (non-hydrogen) atoms. The summed E-state index contributed by atoms with van der Waals surface area (Å²) in [6.45, 7) is 5.60. The van der Waals surface area contributed by atoms with E-state index in [0.29, 0.717) is 12.2 Å². The van der Waals surface area contributed by atoms with Crippen molar-refractivity contribution < 1.29 is 5.11 Å². The summed E-state index contributed by atoms with van der Waals surface area (Å²) in [6.07, 6.45) is 2.27. The number of nitrogens with zero attached hydrogens (tertiary/aromatic N) is 4. The molecule has 0 saturated carbocycles. The smallest absolute Gasteiger partial charge is 0.175 e. The predicted octanol–water partition coefficient (Wildman–Crippen LogP) is -0.0628. The van der Waals surface area contributed by atoms with Gasteiger partial charge in [-0.25, -0.2) is 0 Å². The van der Waals surface area contributed by atoms with Crippen molar-refractivity contribution in [3.8, 4) is 0 Å². The lowest BCUT2D eigenvalue weighted by Crippen LogP contribution is -2.22. The van der Waals surface area contributed by atoms with E-state index < -0.39 is 0 Å². The van der Waals surface area contributed by atoms with Gasteiger partial charge >= 0.3 is 0 Å². The van der Waals surface area contributed by atoms with Gasteiger partial charge in [-0.05, 0) is 5.21 Å². The minimum Gasteiger partial charge on any atom is -0.395 e. The molecule has 1 aromatic rings. The summed E-state index contributed by atoms with van der Waals surface area (Å²) in [5.41, 5.74) is -0.358. The molecule has 72 valence electrons. The number of tetrazole rings is 1. The van der Waals surface area contributed by atoms with Crippen molar-refractivity contribution >= 4 is 0 Å². The summed E-state index contributed by atoms with van der Waals surface area (Å²) >= 11 is 0. The number of aryl methyl sites for hydroxylation is 1. The Morgan fingerprint density at radius 2 is 2.38 bits per heavy atom. The number of hydrogen-bond acceptors (Lipinski definition) is 4. The van der Waals surface area contributed by atoms with Gasteiger partial charge in [-0.3, -0.25) is 0 Å². The first kappa shape index (κ1) is 9.85. The molecule has 5 nitrogen and oxygen atoms in total. The molecule has 1 unspecified atom stereocenters. The maximum absolute atomic E-state index is 9.10. The third kappa shape index (κ3) is 2.35. The minimum atomic E-state index is -0.358. The van der Waals surface area contributed by atoms with E-state index in [1.54, 1.807) is 13.1 Å². The van der Waals surface area contributed by atoms with Crippen LogP contribution in [0.25, 0.3) is 0 Å². The van der Waals surface area contributed by atoms with Crippen LogP contribution in [-0.2, 0) is 13.5 Å². The molecule has 1 heterocycles. The van der Waals surface area contributed by atoms with E-state index in [4.69, 9.17) is 5.11 Å². The summed E-state index contributed by atoms with van der Waals surface area (Å²) in [5, 5.41) is 20.7. The summed E-state index contributed by atoms with van der Waals surface area (Å²) in [7, 11) is 1.71. The van der Waals surface area contributed by atoms with E-state index in [2.05, 4.69) is 22.0 Å². The molecule has 0 bridgehead atoms. The van der Waals surface area contributed by atoms with Gasteiger partial charge < -0.3 is 5.11 Å². The topological polar surface area (TPSA) is 63.8 Å². The third-order valence-electron chi connectivity index (χ3n) is 1.97. The highest BCUT2D eigenvalue weighted by Crippen LogP contribution is 2.20. The van der Waals surface area contributed by atoms with E-state index in [1.807, 2.05) is 6.92 Å². The van der Waals surface area contributed by atoms with Crippen molar-refractivity contribution in [2.45, 2.75) is 13.3 Å². The Balaban J connectivity index is 2.72. The van der Waals surface area contributed by atoms with Crippen LogP contribution in [0.2, 0.25) is 0 Å².